The summed E-state index contributed by atoms with van der Waals surface area (Å²) in [5.41, 5.74) is 0. The number of rotatable bonds is 6. The van der Waals surface area contributed by atoms with Crippen LogP contribution in [0.4, 0.5) is 0 Å². The molecule has 1 aromatic rings. The molecule has 20 heavy (non-hydrogen) atoms. The van der Waals surface area contributed by atoms with Crippen molar-refractivity contribution in [2.75, 3.05) is 6.54 Å². The van der Waals surface area contributed by atoms with Gasteiger partial charge in [-0.15, -0.1) is 0 Å². The first kappa shape index (κ1) is 15.4. The van der Waals surface area contributed by atoms with Gasteiger partial charge in [-0.2, -0.15) is 5.10 Å². The Bertz CT molecular complexity index is 420. The van der Waals surface area contributed by atoms with Crippen molar-refractivity contribution in [2.45, 2.75) is 65.8 Å². The van der Waals surface area contributed by atoms with E-state index in [2.05, 4.69) is 50.0 Å². The molecule has 0 amide bonds. The fourth-order valence-corrected chi connectivity index (χ4v) is 3.50. The lowest BCUT2D eigenvalue weighted by Crippen LogP contribution is -2.43. The first-order valence-corrected chi connectivity index (χ1v) is 7.83. The van der Waals surface area contributed by atoms with Gasteiger partial charge in [0.15, 0.2) is 0 Å². The number of likely N-dealkylation sites (N-methyl/N-ethyl adjacent to an activating group) is 1. The van der Waals surface area contributed by atoms with Crippen LogP contribution < -0.4 is 5.32 Å². The standard InChI is InChI=1S/C15H28N4O/c1-6-16-13(8-14-17-9-18-19(14)7-2)15-10(3)11(4)20-12(15)5/h9-13,15-16H,6-8H2,1-5H3. The van der Waals surface area contributed by atoms with Crippen LogP contribution in [0.25, 0.3) is 0 Å². The van der Waals surface area contributed by atoms with Crippen LogP contribution in [-0.4, -0.2) is 39.6 Å². The summed E-state index contributed by atoms with van der Waals surface area (Å²) < 4.78 is 7.99. The average molecular weight is 280 g/mol. The highest BCUT2D eigenvalue weighted by Gasteiger charge is 2.41. The summed E-state index contributed by atoms with van der Waals surface area (Å²) in [6.45, 7) is 12.8. The van der Waals surface area contributed by atoms with Crippen LogP contribution in [0.15, 0.2) is 6.33 Å². The predicted octanol–water partition coefficient (Wildman–Crippen LogP) is 1.88. The van der Waals surface area contributed by atoms with Crippen molar-refractivity contribution in [2.24, 2.45) is 11.8 Å². The van der Waals surface area contributed by atoms with Crippen LogP contribution in [0.5, 0.6) is 0 Å². The van der Waals surface area contributed by atoms with E-state index in [1.807, 2.05) is 4.68 Å². The minimum Gasteiger partial charge on any atom is -0.375 e. The highest BCUT2D eigenvalue weighted by Crippen LogP contribution is 2.35. The molecule has 114 valence electrons. The number of hydrogen-bond acceptors (Lipinski definition) is 4. The number of aryl methyl sites for hydroxylation is 1. The molecule has 0 spiro atoms. The van der Waals surface area contributed by atoms with Crippen molar-refractivity contribution in [3.8, 4) is 0 Å². The van der Waals surface area contributed by atoms with Crippen LogP contribution in [0.3, 0.4) is 0 Å². The molecule has 0 aliphatic carbocycles. The molecule has 5 unspecified atom stereocenters. The Morgan fingerprint density at radius 2 is 2.05 bits per heavy atom. The topological polar surface area (TPSA) is 52.0 Å². The van der Waals surface area contributed by atoms with Crippen LogP contribution >= 0.6 is 0 Å². The third-order valence-corrected chi connectivity index (χ3v) is 4.65. The second-order valence-corrected chi connectivity index (χ2v) is 5.84. The Balaban J connectivity index is 2.14. The maximum absolute atomic E-state index is 6.01. The summed E-state index contributed by atoms with van der Waals surface area (Å²) in [5, 5.41) is 7.91. The van der Waals surface area contributed by atoms with Gasteiger partial charge in [-0.1, -0.05) is 13.8 Å². The molecular weight excluding hydrogens is 252 g/mol. The zero-order chi connectivity index (χ0) is 14.7. The van der Waals surface area contributed by atoms with E-state index >= 15 is 0 Å². The number of nitrogens with zero attached hydrogens (tertiary/aromatic N) is 3. The van der Waals surface area contributed by atoms with E-state index < -0.39 is 0 Å². The molecule has 0 radical (unpaired) electrons. The summed E-state index contributed by atoms with van der Waals surface area (Å²) in [4.78, 5) is 4.42. The van der Waals surface area contributed by atoms with Gasteiger partial charge in [0.1, 0.15) is 12.2 Å². The zero-order valence-corrected chi connectivity index (χ0v) is 13.3. The van der Waals surface area contributed by atoms with Gasteiger partial charge >= 0.3 is 0 Å². The summed E-state index contributed by atoms with van der Waals surface area (Å²) >= 11 is 0. The number of hydrogen-bond donors (Lipinski definition) is 1. The Labute approximate surface area is 122 Å². The van der Waals surface area contributed by atoms with Crippen LogP contribution in [0, 0.1) is 11.8 Å². The van der Waals surface area contributed by atoms with E-state index in [-0.39, 0.29) is 0 Å². The molecule has 1 aromatic heterocycles. The third kappa shape index (κ3) is 3.04. The molecule has 0 bridgehead atoms. The van der Waals surface area contributed by atoms with E-state index in [0.717, 1.165) is 25.3 Å². The van der Waals surface area contributed by atoms with E-state index in [1.54, 1.807) is 6.33 Å². The van der Waals surface area contributed by atoms with Crippen molar-refractivity contribution in [1.29, 1.82) is 0 Å². The van der Waals surface area contributed by atoms with Crippen molar-refractivity contribution >= 4 is 0 Å². The molecule has 1 saturated heterocycles. The van der Waals surface area contributed by atoms with E-state index in [4.69, 9.17) is 4.74 Å². The van der Waals surface area contributed by atoms with Gasteiger partial charge < -0.3 is 10.1 Å². The first-order chi connectivity index (χ1) is 9.58. The summed E-state index contributed by atoms with van der Waals surface area (Å²) in [5.74, 6) is 2.15. The normalized spacial score (nSPS) is 31.6. The highest BCUT2D eigenvalue weighted by atomic mass is 16.5. The van der Waals surface area contributed by atoms with Gasteiger partial charge in [0.05, 0.1) is 12.2 Å². The van der Waals surface area contributed by atoms with Gasteiger partial charge in [-0.3, -0.25) is 4.68 Å². The lowest BCUT2D eigenvalue weighted by molar-refractivity contribution is 0.0475. The van der Waals surface area contributed by atoms with E-state index in [0.29, 0.717) is 30.1 Å². The molecule has 2 rings (SSSR count). The average Bonchev–Trinajstić information content (AvgIpc) is 2.95. The maximum Gasteiger partial charge on any atom is 0.138 e. The van der Waals surface area contributed by atoms with Crippen molar-refractivity contribution in [1.82, 2.24) is 20.1 Å². The SMILES string of the molecule is CCNC(Cc1ncnn1CC)C1C(C)OC(C)C1C. The Hall–Kier alpha value is -0.940. The largest absolute Gasteiger partial charge is 0.375 e. The highest BCUT2D eigenvalue weighted by molar-refractivity contribution is 4.98. The number of ether oxygens (including phenoxy) is 1. The Morgan fingerprint density at radius 3 is 2.60 bits per heavy atom. The van der Waals surface area contributed by atoms with Crippen LogP contribution in [0.1, 0.15) is 40.4 Å². The van der Waals surface area contributed by atoms with E-state index in [9.17, 15) is 0 Å². The smallest absolute Gasteiger partial charge is 0.138 e. The summed E-state index contributed by atoms with van der Waals surface area (Å²) in [7, 11) is 0. The number of aromatic nitrogens is 3. The van der Waals surface area contributed by atoms with Crippen LogP contribution in [0.2, 0.25) is 0 Å². The van der Waals surface area contributed by atoms with Crippen molar-refractivity contribution in [3.63, 3.8) is 0 Å². The minimum atomic E-state index is 0.294. The molecule has 1 N–H and O–H groups in total. The van der Waals surface area contributed by atoms with Crippen molar-refractivity contribution in [3.05, 3.63) is 12.2 Å². The summed E-state index contributed by atoms with van der Waals surface area (Å²) in [6.07, 6.45) is 3.20. The molecule has 0 aromatic carbocycles. The van der Waals surface area contributed by atoms with Gasteiger partial charge in [-0.05, 0) is 33.2 Å². The molecule has 2 heterocycles. The first-order valence-electron chi connectivity index (χ1n) is 7.83. The molecule has 5 atom stereocenters. The van der Waals surface area contributed by atoms with Crippen molar-refractivity contribution < 1.29 is 4.74 Å². The summed E-state index contributed by atoms with van der Waals surface area (Å²) in [6, 6.07) is 0.393. The maximum atomic E-state index is 6.01. The third-order valence-electron chi connectivity index (χ3n) is 4.65. The lowest BCUT2D eigenvalue weighted by atomic mass is 9.82. The van der Waals surface area contributed by atoms with Gasteiger partial charge in [0, 0.05) is 24.9 Å². The Kier molecular flexibility index (Phi) is 5.16. The molecule has 1 aliphatic heterocycles. The van der Waals surface area contributed by atoms with Gasteiger partial charge in [0.2, 0.25) is 0 Å². The molecule has 5 nitrogen and oxygen atoms in total. The zero-order valence-electron chi connectivity index (χ0n) is 13.3. The van der Waals surface area contributed by atoms with E-state index in [1.165, 1.54) is 0 Å². The Morgan fingerprint density at radius 1 is 1.30 bits per heavy atom. The number of nitrogens with one attached hydrogen (secondary N) is 1. The quantitative estimate of drug-likeness (QED) is 0.864. The molecular formula is C15H28N4O. The van der Waals surface area contributed by atoms with Gasteiger partial charge in [-0.25, -0.2) is 4.98 Å². The molecule has 1 aliphatic rings. The monoisotopic (exact) mass is 280 g/mol. The lowest BCUT2D eigenvalue weighted by Gasteiger charge is -2.29. The second kappa shape index (κ2) is 6.68. The van der Waals surface area contributed by atoms with Gasteiger partial charge in [0.25, 0.3) is 0 Å². The molecule has 1 fully saturated rings. The molecule has 5 heteroatoms. The second-order valence-electron chi connectivity index (χ2n) is 5.84. The predicted molar refractivity (Wildman–Crippen MR) is 79.5 cm³/mol. The fourth-order valence-electron chi connectivity index (χ4n) is 3.50. The molecule has 0 saturated carbocycles. The fraction of sp³-hybridized carbons (Fsp3) is 0.867. The van der Waals surface area contributed by atoms with Crippen LogP contribution in [-0.2, 0) is 17.7 Å². The minimum absolute atomic E-state index is 0.294.